The summed E-state index contributed by atoms with van der Waals surface area (Å²) in [5, 5.41) is 3.04. The third-order valence-electron chi connectivity index (χ3n) is 3.34. The summed E-state index contributed by atoms with van der Waals surface area (Å²) >= 11 is 0. The van der Waals surface area contributed by atoms with Gasteiger partial charge in [-0.2, -0.15) is 0 Å². The molecule has 94 valence electrons. The van der Waals surface area contributed by atoms with E-state index in [9.17, 15) is 8.78 Å². The Bertz CT molecular complexity index is 384. The van der Waals surface area contributed by atoms with Crippen LogP contribution in [0, 0.1) is 17.6 Å². The predicted octanol–water partition coefficient (Wildman–Crippen LogP) is 2.29. The zero-order chi connectivity index (χ0) is 12.3. The largest absolute Gasteiger partial charge is 0.365 e. The van der Waals surface area contributed by atoms with Crippen LogP contribution in [0.5, 0.6) is 0 Å². The maximum absolute atomic E-state index is 13.4. The zero-order valence-corrected chi connectivity index (χ0v) is 9.63. The predicted molar refractivity (Wildman–Crippen MR) is 62.6 cm³/mol. The smallest absolute Gasteiger partial charge is 0.168 e. The Labute approximate surface area is 99.4 Å². The average Bonchev–Trinajstić information content (AvgIpc) is 2.33. The molecule has 0 radical (unpaired) electrons. The van der Waals surface area contributed by atoms with Crippen molar-refractivity contribution in [3.63, 3.8) is 0 Å². The summed E-state index contributed by atoms with van der Waals surface area (Å²) in [7, 11) is 0. The van der Waals surface area contributed by atoms with Gasteiger partial charge in [0, 0.05) is 12.1 Å². The van der Waals surface area contributed by atoms with Crippen molar-refractivity contribution in [1.29, 1.82) is 0 Å². The van der Waals surface area contributed by atoms with E-state index in [4.69, 9.17) is 5.73 Å². The van der Waals surface area contributed by atoms with Gasteiger partial charge in [0.15, 0.2) is 11.6 Å². The van der Waals surface area contributed by atoms with Gasteiger partial charge in [0.1, 0.15) is 5.82 Å². The summed E-state index contributed by atoms with van der Waals surface area (Å²) < 4.78 is 26.2. The minimum atomic E-state index is -0.660. The Balaban J connectivity index is 2.08. The molecule has 17 heavy (non-hydrogen) atoms. The van der Waals surface area contributed by atoms with E-state index in [0.29, 0.717) is 12.5 Å². The zero-order valence-electron chi connectivity index (χ0n) is 9.63. The van der Waals surface area contributed by atoms with Crippen LogP contribution >= 0.6 is 0 Å². The van der Waals surface area contributed by atoms with E-state index in [1.165, 1.54) is 6.42 Å². The summed E-state index contributed by atoms with van der Waals surface area (Å²) in [6.45, 7) is 0.584. The molecule has 1 aliphatic carbocycles. The molecule has 3 N–H and O–H groups in total. The molecule has 2 atom stereocenters. The molecule has 1 aromatic heterocycles. The standard InChI is InChI=1S/C12H17F2N3/c13-9-5-10(14)12(16-7-9)17-11-4-2-1-3-8(11)6-15/h5,7-8,11H,1-4,6,15H2,(H,16,17). The minimum Gasteiger partial charge on any atom is -0.365 e. The van der Waals surface area contributed by atoms with Crippen molar-refractivity contribution < 1.29 is 8.78 Å². The van der Waals surface area contributed by atoms with Crippen molar-refractivity contribution in [3.05, 3.63) is 23.9 Å². The second-order valence-corrected chi connectivity index (χ2v) is 4.52. The first-order valence-electron chi connectivity index (χ1n) is 5.98. The molecular formula is C12H17F2N3. The van der Waals surface area contributed by atoms with E-state index < -0.39 is 11.6 Å². The van der Waals surface area contributed by atoms with Crippen molar-refractivity contribution >= 4 is 5.82 Å². The van der Waals surface area contributed by atoms with Crippen molar-refractivity contribution in [2.24, 2.45) is 11.7 Å². The Kier molecular flexibility index (Phi) is 3.89. The number of rotatable bonds is 3. The quantitative estimate of drug-likeness (QED) is 0.853. The van der Waals surface area contributed by atoms with Crippen LogP contribution in [0.1, 0.15) is 25.7 Å². The van der Waals surface area contributed by atoms with Crippen LogP contribution in [0.4, 0.5) is 14.6 Å². The van der Waals surface area contributed by atoms with Crippen LogP contribution < -0.4 is 11.1 Å². The number of anilines is 1. The summed E-state index contributed by atoms with van der Waals surface area (Å²) in [5.41, 5.74) is 5.70. The Morgan fingerprint density at radius 1 is 1.35 bits per heavy atom. The second-order valence-electron chi connectivity index (χ2n) is 4.52. The van der Waals surface area contributed by atoms with Gasteiger partial charge in [-0.15, -0.1) is 0 Å². The van der Waals surface area contributed by atoms with Crippen LogP contribution in [0.15, 0.2) is 12.3 Å². The Morgan fingerprint density at radius 3 is 2.82 bits per heavy atom. The van der Waals surface area contributed by atoms with Crippen LogP contribution in [0.2, 0.25) is 0 Å². The number of nitrogens with one attached hydrogen (secondary N) is 1. The third-order valence-corrected chi connectivity index (χ3v) is 3.34. The second kappa shape index (κ2) is 5.40. The minimum absolute atomic E-state index is 0.122. The van der Waals surface area contributed by atoms with Crippen LogP contribution in [-0.4, -0.2) is 17.6 Å². The Morgan fingerprint density at radius 2 is 2.12 bits per heavy atom. The highest BCUT2D eigenvalue weighted by Crippen LogP contribution is 2.26. The molecule has 1 heterocycles. The highest BCUT2D eigenvalue weighted by atomic mass is 19.1. The van der Waals surface area contributed by atoms with Gasteiger partial charge < -0.3 is 11.1 Å². The van der Waals surface area contributed by atoms with E-state index in [2.05, 4.69) is 10.3 Å². The lowest BCUT2D eigenvalue weighted by Crippen LogP contribution is -2.37. The van der Waals surface area contributed by atoms with E-state index in [0.717, 1.165) is 31.5 Å². The fourth-order valence-corrected chi connectivity index (χ4v) is 2.38. The first kappa shape index (κ1) is 12.2. The molecule has 2 rings (SSSR count). The van der Waals surface area contributed by atoms with E-state index in [1.54, 1.807) is 0 Å². The third kappa shape index (κ3) is 2.91. The normalized spacial score (nSPS) is 24.6. The lowest BCUT2D eigenvalue weighted by molar-refractivity contribution is 0.331. The van der Waals surface area contributed by atoms with Gasteiger partial charge in [-0.05, 0) is 25.3 Å². The number of halogens is 2. The SMILES string of the molecule is NCC1CCCCC1Nc1ncc(F)cc1F. The van der Waals surface area contributed by atoms with Crippen LogP contribution in [0.3, 0.4) is 0 Å². The van der Waals surface area contributed by atoms with Crippen LogP contribution in [-0.2, 0) is 0 Å². The number of pyridine rings is 1. The number of hydrogen-bond acceptors (Lipinski definition) is 3. The monoisotopic (exact) mass is 241 g/mol. The molecule has 0 aromatic carbocycles. The highest BCUT2D eigenvalue weighted by molar-refractivity contribution is 5.37. The van der Waals surface area contributed by atoms with Crippen LogP contribution in [0.25, 0.3) is 0 Å². The van der Waals surface area contributed by atoms with E-state index in [-0.39, 0.29) is 11.9 Å². The lowest BCUT2D eigenvalue weighted by atomic mass is 9.84. The molecule has 5 heteroatoms. The van der Waals surface area contributed by atoms with Gasteiger partial charge in [0.05, 0.1) is 6.20 Å². The van der Waals surface area contributed by atoms with E-state index >= 15 is 0 Å². The molecule has 2 unspecified atom stereocenters. The first-order valence-corrected chi connectivity index (χ1v) is 5.98. The van der Waals surface area contributed by atoms with Crippen molar-refractivity contribution in [2.75, 3.05) is 11.9 Å². The molecule has 0 aliphatic heterocycles. The number of nitrogens with zero attached hydrogens (tertiary/aromatic N) is 1. The summed E-state index contributed by atoms with van der Waals surface area (Å²) in [6.07, 6.45) is 5.30. The highest BCUT2D eigenvalue weighted by Gasteiger charge is 2.24. The van der Waals surface area contributed by atoms with Crippen molar-refractivity contribution in [1.82, 2.24) is 4.98 Å². The van der Waals surface area contributed by atoms with Gasteiger partial charge in [0.2, 0.25) is 0 Å². The molecule has 1 aromatic rings. The number of nitrogens with two attached hydrogens (primary N) is 1. The molecule has 1 fully saturated rings. The summed E-state index contributed by atoms with van der Waals surface area (Å²) in [6, 6.07) is 0.983. The van der Waals surface area contributed by atoms with Crippen molar-refractivity contribution in [3.8, 4) is 0 Å². The number of aromatic nitrogens is 1. The molecule has 1 saturated carbocycles. The van der Waals surface area contributed by atoms with Gasteiger partial charge in [-0.1, -0.05) is 12.8 Å². The van der Waals surface area contributed by atoms with Gasteiger partial charge >= 0.3 is 0 Å². The molecule has 0 amide bonds. The maximum Gasteiger partial charge on any atom is 0.168 e. The van der Waals surface area contributed by atoms with Crippen molar-refractivity contribution in [2.45, 2.75) is 31.7 Å². The van der Waals surface area contributed by atoms with Gasteiger partial charge in [0.25, 0.3) is 0 Å². The fourth-order valence-electron chi connectivity index (χ4n) is 2.38. The maximum atomic E-state index is 13.4. The summed E-state index contributed by atoms with van der Waals surface area (Å²) in [5.74, 6) is -0.842. The molecule has 1 aliphatic rings. The number of hydrogen-bond donors (Lipinski definition) is 2. The summed E-state index contributed by atoms with van der Waals surface area (Å²) in [4.78, 5) is 3.74. The molecule has 0 bridgehead atoms. The molecule has 0 saturated heterocycles. The van der Waals surface area contributed by atoms with Gasteiger partial charge in [-0.25, -0.2) is 13.8 Å². The average molecular weight is 241 g/mol. The molecule has 0 spiro atoms. The fraction of sp³-hybridized carbons (Fsp3) is 0.583. The Hall–Kier alpha value is -1.23. The lowest BCUT2D eigenvalue weighted by Gasteiger charge is -2.31. The van der Waals surface area contributed by atoms with Gasteiger partial charge in [-0.3, -0.25) is 0 Å². The first-order chi connectivity index (χ1) is 8.20. The van der Waals surface area contributed by atoms with E-state index in [1.807, 2.05) is 0 Å². The molecular weight excluding hydrogens is 224 g/mol. The topological polar surface area (TPSA) is 50.9 Å². The molecule has 3 nitrogen and oxygen atoms in total.